The molecule has 0 aliphatic heterocycles. The number of anilines is 3. The molecule has 0 amide bonds. The fraction of sp³-hybridized carbons (Fsp3) is 0.0444. The van der Waals surface area contributed by atoms with E-state index < -0.39 is 0 Å². The number of aromatic nitrogens is 1. The van der Waals surface area contributed by atoms with Crippen LogP contribution in [-0.2, 0) is 0 Å². The number of benzene rings is 6. The first kappa shape index (κ1) is 27.4. The summed E-state index contributed by atoms with van der Waals surface area (Å²) < 4.78 is 1.26. The van der Waals surface area contributed by atoms with Gasteiger partial charge in [0.25, 0.3) is 0 Å². The molecule has 2 aromatic heterocycles. The summed E-state index contributed by atoms with van der Waals surface area (Å²) in [6.07, 6.45) is 9.12. The smallest absolute Gasteiger partial charge is 0.139 e. The highest BCUT2D eigenvalue weighted by molar-refractivity contribution is 7.25. The number of fused-ring (bicyclic) bond motifs is 6. The minimum Gasteiger partial charge on any atom is -0.295 e. The Morgan fingerprint density at radius 2 is 1.25 bits per heavy atom. The van der Waals surface area contributed by atoms with Crippen LogP contribution in [0.1, 0.15) is 23.0 Å². The molecule has 2 nitrogen and oxygen atoms in total. The van der Waals surface area contributed by atoms with Crippen molar-refractivity contribution in [2.24, 2.45) is 0 Å². The number of thiophene rings is 1. The van der Waals surface area contributed by atoms with Crippen LogP contribution in [-0.4, -0.2) is 4.98 Å². The van der Waals surface area contributed by atoms with Gasteiger partial charge in [0.1, 0.15) is 10.6 Å². The summed E-state index contributed by atoms with van der Waals surface area (Å²) in [7, 11) is 0. The molecular formula is C45H30N2S. The summed E-state index contributed by atoms with van der Waals surface area (Å²) in [5.41, 5.74) is 9.88. The molecule has 0 saturated carbocycles. The lowest BCUT2D eigenvalue weighted by molar-refractivity contribution is 0.769. The van der Waals surface area contributed by atoms with E-state index in [1.165, 1.54) is 59.6 Å². The molecule has 2 unspecified atom stereocenters. The summed E-state index contributed by atoms with van der Waals surface area (Å²) in [4.78, 5) is 8.62. The van der Waals surface area contributed by atoms with Crippen molar-refractivity contribution in [3.05, 3.63) is 181 Å². The maximum Gasteiger partial charge on any atom is 0.139 e. The average Bonchev–Trinajstić information content (AvgIpc) is 3.69. The zero-order chi connectivity index (χ0) is 31.6. The van der Waals surface area contributed by atoms with Crippen LogP contribution in [0.2, 0.25) is 0 Å². The van der Waals surface area contributed by atoms with Gasteiger partial charge >= 0.3 is 0 Å². The highest BCUT2D eigenvalue weighted by Crippen LogP contribution is 2.51. The van der Waals surface area contributed by atoms with Crippen LogP contribution in [0.5, 0.6) is 0 Å². The second-order valence-corrected chi connectivity index (χ2v) is 13.8. The first-order valence-electron chi connectivity index (χ1n) is 16.5. The van der Waals surface area contributed by atoms with Crippen molar-refractivity contribution >= 4 is 59.6 Å². The molecule has 0 fully saturated rings. The van der Waals surface area contributed by atoms with Crippen LogP contribution in [0.15, 0.2) is 170 Å². The van der Waals surface area contributed by atoms with Crippen LogP contribution >= 0.6 is 11.3 Å². The summed E-state index contributed by atoms with van der Waals surface area (Å²) in [6.45, 7) is 0. The van der Waals surface area contributed by atoms with Crippen molar-refractivity contribution in [3.8, 4) is 22.3 Å². The predicted molar refractivity (Wildman–Crippen MR) is 204 cm³/mol. The van der Waals surface area contributed by atoms with E-state index in [2.05, 4.69) is 175 Å². The first-order valence-corrected chi connectivity index (χ1v) is 17.4. The molecule has 2 aliphatic rings. The summed E-state index contributed by atoms with van der Waals surface area (Å²) in [5, 5.41) is 5.21. The van der Waals surface area contributed by atoms with Crippen molar-refractivity contribution in [2.75, 3.05) is 4.90 Å². The summed E-state index contributed by atoms with van der Waals surface area (Å²) in [6, 6.07) is 52.9. The average molecular weight is 631 g/mol. The molecule has 0 spiro atoms. The molecule has 2 atom stereocenters. The van der Waals surface area contributed by atoms with Gasteiger partial charge in [-0.25, -0.2) is 4.98 Å². The van der Waals surface area contributed by atoms with Gasteiger partial charge < -0.3 is 0 Å². The maximum atomic E-state index is 5.28. The summed E-state index contributed by atoms with van der Waals surface area (Å²) >= 11 is 1.75. The highest BCUT2D eigenvalue weighted by Gasteiger charge is 2.32. The lowest BCUT2D eigenvalue weighted by Crippen LogP contribution is -2.11. The van der Waals surface area contributed by atoms with Crippen molar-refractivity contribution in [1.82, 2.24) is 4.98 Å². The van der Waals surface area contributed by atoms with Gasteiger partial charge in [0, 0.05) is 38.7 Å². The fourth-order valence-corrected chi connectivity index (χ4v) is 8.86. The number of rotatable bonds is 5. The lowest BCUT2D eigenvalue weighted by Gasteiger charge is -2.25. The Morgan fingerprint density at radius 3 is 2.12 bits per heavy atom. The Bertz CT molecular complexity index is 2580. The van der Waals surface area contributed by atoms with Gasteiger partial charge in [0.2, 0.25) is 0 Å². The number of hydrogen-bond acceptors (Lipinski definition) is 3. The second kappa shape index (κ2) is 10.9. The monoisotopic (exact) mass is 630 g/mol. The molecule has 6 aromatic carbocycles. The van der Waals surface area contributed by atoms with Crippen LogP contribution < -0.4 is 4.90 Å². The maximum absolute atomic E-state index is 5.28. The number of pyridine rings is 1. The molecule has 0 N–H and O–H groups in total. The molecule has 0 saturated heterocycles. The van der Waals surface area contributed by atoms with Gasteiger partial charge in [0.05, 0.1) is 0 Å². The Balaban J connectivity index is 1.09. The number of hydrogen-bond donors (Lipinski definition) is 0. The number of allylic oxidation sites excluding steroid dienone is 4. The largest absolute Gasteiger partial charge is 0.295 e. The van der Waals surface area contributed by atoms with E-state index in [4.69, 9.17) is 4.98 Å². The molecule has 2 heterocycles. The Hall–Kier alpha value is -5.77. The van der Waals surface area contributed by atoms with E-state index in [-0.39, 0.29) is 0 Å². The van der Waals surface area contributed by atoms with Crippen molar-refractivity contribution in [1.29, 1.82) is 0 Å². The predicted octanol–water partition coefficient (Wildman–Crippen LogP) is 12.7. The zero-order valence-corrected chi connectivity index (χ0v) is 26.9. The van der Waals surface area contributed by atoms with Gasteiger partial charge in [-0.2, -0.15) is 0 Å². The molecule has 0 bridgehead atoms. The van der Waals surface area contributed by atoms with Crippen LogP contribution in [0.3, 0.4) is 0 Å². The third kappa shape index (κ3) is 4.36. The standard InChI is InChI=1S/C45H30N2S/c1-2-10-29(11-3-1)31-12-8-14-35(27-31)47(43-25-24-40-38-17-6-7-19-42(38)48-45(40)46-43)34-22-20-30(21-23-34)33-26-32-13-9-18-39-36-15-4-5-16-37(36)41(28-33)44(32)39/h1-28,36-37H. The molecular weight excluding hydrogens is 601 g/mol. The minimum atomic E-state index is 0.399. The minimum absolute atomic E-state index is 0.399. The molecule has 10 rings (SSSR count). The highest BCUT2D eigenvalue weighted by atomic mass is 32.1. The Morgan fingerprint density at radius 1 is 0.500 bits per heavy atom. The van der Waals surface area contributed by atoms with E-state index in [0.717, 1.165) is 22.0 Å². The molecule has 3 heteroatoms. The van der Waals surface area contributed by atoms with E-state index >= 15 is 0 Å². The second-order valence-electron chi connectivity index (χ2n) is 12.8. The van der Waals surface area contributed by atoms with E-state index in [9.17, 15) is 0 Å². The van der Waals surface area contributed by atoms with Crippen LogP contribution in [0.4, 0.5) is 17.2 Å². The normalized spacial score (nSPS) is 16.2. The van der Waals surface area contributed by atoms with Crippen LogP contribution in [0.25, 0.3) is 53.3 Å². The Kier molecular flexibility index (Phi) is 6.21. The van der Waals surface area contributed by atoms with Gasteiger partial charge in [-0.05, 0) is 98.8 Å². The van der Waals surface area contributed by atoms with E-state index in [0.29, 0.717) is 11.8 Å². The first-order chi connectivity index (χ1) is 23.8. The van der Waals surface area contributed by atoms with E-state index in [1.807, 2.05) is 0 Å². The SMILES string of the molecule is C1=CC2c3cccc4cc(-c5ccc(N(c6cccc(-c7ccccc7)c6)c6ccc7c(n6)sc6ccccc67)cc5)cc(c34)C2C=C1. The third-order valence-corrected chi connectivity index (χ3v) is 11.1. The van der Waals surface area contributed by atoms with Gasteiger partial charge in [-0.15, -0.1) is 11.3 Å². The van der Waals surface area contributed by atoms with Crippen LogP contribution in [0, 0.1) is 0 Å². The molecule has 226 valence electrons. The zero-order valence-electron chi connectivity index (χ0n) is 26.1. The quantitative estimate of drug-likeness (QED) is 0.188. The van der Waals surface area contributed by atoms with Crippen molar-refractivity contribution in [3.63, 3.8) is 0 Å². The van der Waals surface area contributed by atoms with Gasteiger partial charge in [-0.3, -0.25) is 4.90 Å². The topological polar surface area (TPSA) is 16.1 Å². The summed E-state index contributed by atoms with van der Waals surface area (Å²) in [5.74, 6) is 1.73. The fourth-order valence-electron chi connectivity index (χ4n) is 7.79. The van der Waals surface area contributed by atoms with Crippen molar-refractivity contribution < 1.29 is 0 Å². The van der Waals surface area contributed by atoms with Gasteiger partial charge in [0.15, 0.2) is 0 Å². The van der Waals surface area contributed by atoms with E-state index in [1.54, 1.807) is 11.3 Å². The van der Waals surface area contributed by atoms with Gasteiger partial charge in [-0.1, -0.05) is 115 Å². The van der Waals surface area contributed by atoms with Crippen molar-refractivity contribution in [2.45, 2.75) is 11.8 Å². The molecule has 8 aromatic rings. The molecule has 2 aliphatic carbocycles. The molecule has 48 heavy (non-hydrogen) atoms. The molecule has 0 radical (unpaired) electrons. The lowest BCUT2D eigenvalue weighted by atomic mass is 9.86. The number of nitrogens with zero attached hydrogens (tertiary/aromatic N) is 2. The third-order valence-electron chi connectivity index (χ3n) is 10.0. The Labute approximate surface area is 283 Å².